The molecule has 1 aromatic carbocycles. The van der Waals surface area contributed by atoms with Crippen molar-refractivity contribution in [2.24, 2.45) is 0 Å². The number of carbonyl (C=O) groups is 2. The number of nitrogens with zero attached hydrogens (tertiary/aromatic N) is 4. The van der Waals surface area contributed by atoms with Crippen LogP contribution in [0.25, 0.3) is 0 Å². The van der Waals surface area contributed by atoms with Crippen molar-refractivity contribution in [2.45, 2.75) is 57.3 Å². The standard InChI is InChI=1S/C27H34FN5O3/c1-18(34)31-13-8-21(9-14-31)30-26-25(28)22(6-11-29-26)27(36)33-15-10-23(24(35)17-33)32-12-7-19-4-2-3-5-20(19)16-32/h2-6,11,21,23-24,35H,7-10,12-17H2,1H3,(H,29,30)/t23-,24-/m1/s1. The van der Waals surface area contributed by atoms with Crippen LogP contribution in [-0.4, -0.2) is 87.5 Å². The van der Waals surface area contributed by atoms with Crippen LogP contribution in [0.5, 0.6) is 0 Å². The fourth-order valence-electron chi connectivity index (χ4n) is 5.74. The number of likely N-dealkylation sites (tertiary alicyclic amines) is 2. The molecule has 0 saturated carbocycles. The minimum absolute atomic E-state index is 0.0137. The Balaban J connectivity index is 1.20. The molecule has 2 aromatic rings. The molecule has 0 unspecified atom stereocenters. The zero-order chi connectivity index (χ0) is 25.2. The third-order valence-corrected chi connectivity index (χ3v) is 7.86. The summed E-state index contributed by atoms with van der Waals surface area (Å²) in [7, 11) is 0. The molecule has 4 heterocycles. The first kappa shape index (κ1) is 24.6. The quantitative estimate of drug-likeness (QED) is 0.677. The molecule has 5 rings (SSSR count). The summed E-state index contributed by atoms with van der Waals surface area (Å²) in [6.45, 7) is 5.10. The highest BCUT2D eigenvalue weighted by molar-refractivity contribution is 5.95. The van der Waals surface area contributed by atoms with E-state index in [2.05, 4.69) is 33.4 Å². The normalized spacial score (nSPS) is 23.3. The van der Waals surface area contributed by atoms with Gasteiger partial charge in [-0.3, -0.25) is 14.5 Å². The number of nitrogens with one attached hydrogen (secondary N) is 1. The van der Waals surface area contributed by atoms with Crippen LogP contribution in [0.4, 0.5) is 10.2 Å². The minimum Gasteiger partial charge on any atom is -0.390 e. The van der Waals surface area contributed by atoms with E-state index in [1.165, 1.54) is 23.4 Å². The summed E-state index contributed by atoms with van der Waals surface area (Å²) in [5, 5.41) is 14.1. The van der Waals surface area contributed by atoms with Crippen LogP contribution in [0.3, 0.4) is 0 Å². The van der Waals surface area contributed by atoms with Crippen LogP contribution >= 0.6 is 0 Å². The third-order valence-electron chi connectivity index (χ3n) is 7.86. The van der Waals surface area contributed by atoms with Crippen molar-refractivity contribution in [3.8, 4) is 0 Å². The number of fused-ring (bicyclic) bond motifs is 1. The number of rotatable bonds is 4. The Morgan fingerprint density at radius 1 is 1.03 bits per heavy atom. The second-order valence-electron chi connectivity index (χ2n) is 10.1. The molecule has 0 spiro atoms. The number of anilines is 1. The molecule has 1 aromatic heterocycles. The molecular formula is C27H34FN5O3. The van der Waals surface area contributed by atoms with Crippen LogP contribution in [0.1, 0.15) is 47.7 Å². The fourth-order valence-corrected chi connectivity index (χ4v) is 5.74. The van der Waals surface area contributed by atoms with Crippen molar-refractivity contribution in [1.29, 1.82) is 0 Å². The number of halogens is 1. The van der Waals surface area contributed by atoms with Gasteiger partial charge in [-0.05, 0) is 42.9 Å². The van der Waals surface area contributed by atoms with Crippen molar-refractivity contribution >= 4 is 17.6 Å². The predicted octanol–water partition coefficient (Wildman–Crippen LogP) is 2.28. The third kappa shape index (κ3) is 5.08. The lowest BCUT2D eigenvalue weighted by Crippen LogP contribution is -2.56. The predicted molar refractivity (Wildman–Crippen MR) is 134 cm³/mol. The van der Waals surface area contributed by atoms with Gasteiger partial charge < -0.3 is 20.2 Å². The molecule has 2 atom stereocenters. The number of benzene rings is 1. The van der Waals surface area contributed by atoms with Gasteiger partial charge in [-0.25, -0.2) is 9.37 Å². The number of carbonyl (C=O) groups excluding carboxylic acids is 2. The minimum atomic E-state index is -0.693. The Bertz CT molecular complexity index is 1120. The van der Waals surface area contributed by atoms with Gasteiger partial charge in [0, 0.05) is 64.5 Å². The monoisotopic (exact) mass is 495 g/mol. The molecule has 2 fully saturated rings. The van der Waals surface area contributed by atoms with Gasteiger partial charge in [0.05, 0.1) is 11.7 Å². The molecule has 36 heavy (non-hydrogen) atoms. The second kappa shape index (κ2) is 10.5. The van der Waals surface area contributed by atoms with Crippen LogP contribution in [0.15, 0.2) is 36.5 Å². The van der Waals surface area contributed by atoms with Crippen LogP contribution < -0.4 is 5.32 Å². The van der Waals surface area contributed by atoms with Crippen molar-refractivity contribution in [3.63, 3.8) is 0 Å². The SMILES string of the molecule is CC(=O)N1CCC(Nc2nccc(C(=O)N3CC[C@@H](N4CCc5ccccc5C4)[C@H](O)C3)c2F)CC1. The lowest BCUT2D eigenvalue weighted by molar-refractivity contribution is -0.129. The molecule has 3 aliphatic heterocycles. The molecule has 0 radical (unpaired) electrons. The number of aliphatic hydroxyl groups excluding tert-OH is 1. The van der Waals surface area contributed by atoms with Gasteiger partial charge in [0.1, 0.15) is 0 Å². The lowest BCUT2D eigenvalue weighted by Gasteiger charge is -2.43. The Morgan fingerprint density at radius 3 is 2.47 bits per heavy atom. The number of hydrogen-bond donors (Lipinski definition) is 2. The maximum absolute atomic E-state index is 15.3. The molecule has 2 amide bonds. The maximum atomic E-state index is 15.3. The average Bonchev–Trinajstić information content (AvgIpc) is 2.89. The van der Waals surface area contributed by atoms with E-state index in [0.717, 1.165) is 19.5 Å². The van der Waals surface area contributed by atoms with Gasteiger partial charge >= 0.3 is 0 Å². The molecule has 0 bridgehead atoms. The van der Waals surface area contributed by atoms with Crippen molar-refractivity contribution in [2.75, 3.05) is 38.0 Å². The first-order valence-corrected chi connectivity index (χ1v) is 12.9. The van der Waals surface area contributed by atoms with Gasteiger partial charge in [0.2, 0.25) is 5.91 Å². The van der Waals surface area contributed by atoms with E-state index in [-0.39, 0.29) is 35.9 Å². The van der Waals surface area contributed by atoms with Gasteiger partial charge in [0.15, 0.2) is 11.6 Å². The van der Waals surface area contributed by atoms with E-state index >= 15 is 4.39 Å². The molecule has 9 heteroatoms. The molecule has 192 valence electrons. The van der Waals surface area contributed by atoms with Crippen molar-refractivity contribution < 1.29 is 19.1 Å². The summed E-state index contributed by atoms with van der Waals surface area (Å²) in [5.74, 6) is -0.988. The van der Waals surface area contributed by atoms with E-state index < -0.39 is 17.8 Å². The van der Waals surface area contributed by atoms with Crippen LogP contribution in [0.2, 0.25) is 0 Å². The Kier molecular flexibility index (Phi) is 7.20. The zero-order valence-corrected chi connectivity index (χ0v) is 20.7. The summed E-state index contributed by atoms with van der Waals surface area (Å²) in [6.07, 6.45) is 3.73. The smallest absolute Gasteiger partial charge is 0.257 e. The summed E-state index contributed by atoms with van der Waals surface area (Å²) < 4.78 is 15.3. The number of β-amino-alcohol motifs (C(OH)–C–C–N with tert-alkyl or cyclic N) is 1. The highest BCUT2D eigenvalue weighted by Gasteiger charge is 2.36. The number of aliphatic hydroxyl groups is 1. The second-order valence-corrected chi connectivity index (χ2v) is 10.1. The van der Waals surface area contributed by atoms with Gasteiger partial charge in [0.25, 0.3) is 5.91 Å². The molecule has 8 nitrogen and oxygen atoms in total. The van der Waals surface area contributed by atoms with E-state index in [4.69, 9.17) is 0 Å². The Morgan fingerprint density at radius 2 is 1.75 bits per heavy atom. The Hall–Kier alpha value is -3.04. The average molecular weight is 496 g/mol. The Labute approximate surface area is 211 Å². The highest BCUT2D eigenvalue weighted by atomic mass is 19.1. The summed E-state index contributed by atoms with van der Waals surface area (Å²) in [6, 6.07) is 9.76. The molecule has 2 saturated heterocycles. The number of aromatic nitrogens is 1. The zero-order valence-electron chi connectivity index (χ0n) is 20.7. The van der Waals surface area contributed by atoms with Gasteiger partial charge in [-0.15, -0.1) is 0 Å². The molecule has 3 aliphatic rings. The van der Waals surface area contributed by atoms with Crippen LogP contribution in [0, 0.1) is 5.82 Å². The van der Waals surface area contributed by atoms with Gasteiger partial charge in [-0.1, -0.05) is 24.3 Å². The van der Waals surface area contributed by atoms with Crippen molar-refractivity contribution in [3.05, 3.63) is 59.0 Å². The fraction of sp³-hybridized carbons (Fsp3) is 0.519. The van der Waals surface area contributed by atoms with E-state index in [0.29, 0.717) is 38.9 Å². The molecular weight excluding hydrogens is 461 g/mol. The topological polar surface area (TPSA) is 89.0 Å². The molecule has 2 N–H and O–H groups in total. The number of piperidine rings is 2. The summed E-state index contributed by atoms with van der Waals surface area (Å²) in [5.41, 5.74) is 2.62. The van der Waals surface area contributed by atoms with E-state index in [9.17, 15) is 14.7 Å². The summed E-state index contributed by atoms with van der Waals surface area (Å²) in [4.78, 5) is 34.5. The van der Waals surface area contributed by atoms with Gasteiger partial charge in [-0.2, -0.15) is 0 Å². The first-order valence-electron chi connectivity index (χ1n) is 12.9. The highest BCUT2D eigenvalue weighted by Crippen LogP contribution is 2.27. The number of hydrogen-bond acceptors (Lipinski definition) is 6. The number of pyridine rings is 1. The van der Waals surface area contributed by atoms with Crippen LogP contribution in [-0.2, 0) is 17.8 Å². The first-order chi connectivity index (χ1) is 17.4. The molecule has 0 aliphatic carbocycles. The number of amides is 2. The summed E-state index contributed by atoms with van der Waals surface area (Å²) >= 11 is 0. The maximum Gasteiger partial charge on any atom is 0.257 e. The van der Waals surface area contributed by atoms with E-state index in [1.807, 2.05) is 6.07 Å². The van der Waals surface area contributed by atoms with Crippen molar-refractivity contribution in [1.82, 2.24) is 19.7 Å². The lowest BCUT2D eigenvalue weighted by atomic mass is 9.94. The van der Waals surface area contributed by atoms with E-state index in [1.54, 1.807) is 16.7 Å². The largest absolute Gasteiger partial charge is 0.390 e.